The van der Waals surface area contributed by atoms with Crippen LogP contribution in [0.2, 0.25) is 0 Å². The van der Waals surface area contributed by atoms with E-state index in [4.69, 9.17) is 25.0 Å². The van der Waals surface area contributed by atoms with E-state index in [1.165, 1.54) is 135 Å². The van der Waals surface area contributed by atoms with Crippen molar-refractivity contribution in [1.82, 2.24) is 0 Å². The van der Waals surface area contributed by atoms with Crippen molar-refractivity contribution < 1.29 is 109 Å². The number of ketones is 2. The topological polar surface area (TPSA) is 141 Å². The number of aliphatic hydroxyl groups is 1. The van der Waals surface area contributed by atoms with Crippen LogP contribution in [0.25, 0.3) is 122 Å². The van der Waals surface area contributed by atoms with Gasteiger partial charge in [-0.1, -0.05) is 317 Å². The Morgan fingerprint density at radius 2 is 0.616 bits per heavy atom. The van der Waals surface area contributed by atoms with Crippen molar-refractivity contribution >= 4 is 183 Å². The van der Waals surface area contributed by atoms with Crippen LogP contribution in [0.3, 0.4) is 0 Å². The van der Waals surface area contributed by atoms with Crippen LogP contribution in [0.1, 0.15) is 89.2 Å². The first-order chi connectivity index (χ1) is 65.4. The Balaban J connectivity index is 0.000000281. The Kier molecular flexibility index (Phi) is 56.7. The van der Waals surface area contributed by atoms with Crippen molar-refractivity contribution in [3.05, 3.63) is 455 Å². The number of carboxylic acid groups (broad SMARTS) is 1. The quantitative estimate of drug-likeness (QED) is 0.0192. The van der Waals surface area contributed by atoms with E-state index in [-0.39, 0.29) is 111 Å². The molecular formula is C114H102B2Br3MgO8S8VY-. The number of carbonyl (C=O) groups excluding carboxylic acids is 2. The molecule has 1 fully saturated rings. The minimum atomic E-state index is -1.30. The standard InChI is InChI=1S/C20H18S.C18H14OS.C17H13BrS.C17H12O2S.C17H14OS.C14H11BrO.C4H5BO2S.C4H8O.C3H6.BS2.BrH.Mg.V.Y.H/c1-2-3-4-16-5-7-17(8-6-16)18-9-11-19(12-10-18)20-13-14-21-15-20;1-13(19)14-2-4-15(5-3-14)16-6-8-17(9-7-16)18-10-11-20-12-18;18-11-13-1-3-14(4-2-13)15-5-7-16(8-6-15)17-9-10-19-12-17;18-17(19)15-7-5-13(6-8-15)12-1-3-14(4-2-12)16-9-10-20-11-16;18-11-13-1-3-14(4-2-13)15-5-7-16(8-6-15)17-9-10-19-12-17;1-10(16)11-2-4-12(5-3-11)13-6-8-14(15)9-7-13;6-5(7)4-1-2-8-3-4;1-2-4-5-3-1;1-3-2;2-1-3;;;;;/h2,5-15H,1,3-4H2;2-12H,1H3;1-10,12H,11H2;1-11H,(H,18,19);1-10,12,18H,11H2;2-9H,1H3;1-3,6-7H;1-4H2;3H,1H2,2H3;;1H;;;;/q;;;;;;;;;-1;;+2;;;-1/p-1. The number of hydrogen-bond donors (Lipinski definition) is 4. The minimum Gasteiger partial charge on any atom is -1.00 e. The Bertz CT molecular complexity index is 6160. The molecular weight excluding hydrogens is 2180 g/mol. The second-order valence-electron chi connectivity index (χ2n) is 30.1. The summed E-state index contributed by atoms with van der Waals surface area (Å²) in [7, 11) is -1.30. The van der Waals surface area contributed by atoms with Crippen LogP contribution >= 0.6 is 112 Å². The number of benzene rings is 12. The van der Waals surface area contributed by atoms with Gasteiger partial charge in [0.1, 0.15) is 0 Å². The molecule has 0 unspecified atom stereocenters. The van der Waals surface area contributed by atoms with Gasteiger partial charge in [-0.15, -0.1) is 13.2 Å². The molecule has 0 bridgehead atoms. The van der Waals surface area contributed by atoms with Gasteiger partial charge >= 0.3 is 66.1 Å². The fraction of sp³-hybridized carbons (Fsp3) is 0.0965. The van der Waals surface area contributed by atoms with Gasteiger partial charge in [0.2, 0.25) is 0 Å². The summed E-state index contributed by atoms with van der Waals surface area (Å²) >= 11 is 25.1. The molecule has 0 aliphatic carbocycles. The van der Waals surface area contributed by atoms with E-state index in [0.717, 1.165) is 80.4 Å². The molecule has 2 radical (unpaired) electrons. The molecule has 0 spiro atoms. The van der Waals surface area contributed by atoms with Crippen molar-refractivity contribution in [1.29, 1.82) is 0 Å². The molecule has 1 aliphatic rings. The number of aryl methyl sites for hydroxylation is 1. The van der Waals surface area contributed by atoms with E-state index in [2.05, 4.69) is 324 Å². The first-order valence-electron chi connectivity index (χ1n) is 43.0. The van der Waals surface area contributed by atoms with Gasteiger partial charge in [-0.3, -0.25) is 9.59 Å². The molecule has 138 heavy (non-hydrogen) atoms. The number of ether oxygens (including phenoxy) is 1. The monoisotopic (exact) mass is 2280 g/mol. The third-order valence-electron chi connectivity index (χ3n) is 20.8. The second-order valence-corrected chi connectivity index (χ2v) is 37.0. The first-order valence-corrected chi connectivity index (χ1v) is 51.5. The number of alkyl halides is 1. The summed E-state index contributed by atoms with van der Waals surface area (Å²) in [6.45, 7) is 14.3. The largest absolute Gasteiger partial charge is 2.00 e. The average Bonchev–Trinajstić information content (AvgIpc) is 1.83. The van der Waals surface area contributed by atoms with E-state index in [1.807, 2.05) is 122 Å². The van der Waals surface area contributed by atoms with Gasteiger partial charge in [0.15, 0.2) is 11.6 Å². The molecule has 1 saturated heterocycles. The molecule has 0 saturated carbocycles. The number of Topliss-reactive ketones (excluding diaryl/α,β-unsaturated/α-hetero) is 2. The number of halogens is 3. The molecule has 7 heterocycles. The van der Waals surface area contributed by atoms with Gasteiger partial charge < -0.3 is 43.4 Å². The zero-order chi connectivity index (χ0) is 95.0. The van der Waals surface area contributed by atoms with Gasteiger partial charge in [0.05, 0.1) is 12.2 Å². The zero-order valence-electron chi connectivity index (χ0n) is 77.5. The number of carbonyl (C=O) groups is 3. The third-order valence-corrected chi connectivity index (χ3v) is 26.1. The number of thiophene rings is 6. The van der Waals surface area contributed by atoms with Crippen LogP contribution in [0.5, 0.6) is 0 Å². The molecule has 18 aromatic rings. The van der Waals surface area contributed by atoms with E-state index in [0.29, 0.717) is 11.0 Å². The van der Waals surface area contributed by atoms with Gasteiger partial charge in [-0.05, 0) is 310 Å². The SMILES string of the molecule is BrCc1ccc(-c2ccc(-c3ccsc3)cc2)cc1.C1CCOC1.C=CC.C=CCCc1ccc(-c2ccc(-c3ccsc3)cc2)cc1.CC(=O)c1ccc(-c2ccc(-c3ccsc3)cc2)cc1.CC(=O)c1ccc(-c2ccc(Br)cc2)cc1.O=C(O)c1ccc(-c2ccc(-c3ccsc3)cc2)cc1.OB(O)c1ccsc1.OCc1ccc(-c2ccc(-c3ccsc3)cc2)cc1.S=B[S-].[Br-].[H-].[Mg+2].[V].[Y]. The molecule has 24 heteroatoms. The van der Waals surface area contributed by atoms with Crippen LogP contribution in [0.15, 0.2) is 422 Å². The maximum atomic E-state index is 11.3. The van der Waals surface area contributed by atoms with Gasteiger partial charge in [0.25, 0.3) is 0 Å². The molecule has 19 rings (SSSR count). The predicted octanol–water partition coefficient (Wildman–Crippen LogP) is 29.5. The van der Waals surface area contributed by atoms with Crippen LogP contribution < -0.4 is 22.4 Å². The molecule has 692 valence electrons. The van der Waals surface area contributed by atoms with Gasteiger partial charge in [0, 0.05) is 85.4 Å². The Labute approximate surface area is 930 Å². The number of allylic oxidation sites excluding steroid dienone is 2. The zero-order valence-corrected chi connectivity index (χ0v) is 93.5. The summed E-state index contributed by atoms with van der Waals surface area (Å²) in [4.78, 5) is 33.2. The summed E-state index contributed by atoms with van der Waals surface area (Å²) < 4.78 is 6.01. The fourth-order valence-corrected chi connectivity index (χ4v) is 18.0. The minimum absolute atomic E-state index is 0. The Morgan fingerprint density at radius 1 is 0.399 bits per heavy atom. The van der Waals surface area contributed by atoms with Crippen molar-refractivity contribution in [3.8, 4) is 122 Å². The normalized spacial score (nSPS) is 10.3. The van der Waals surface area contributed by atoms with E-state index >= 15 is 0 Å². The average molecular weight is 2280 g/mol. The fourth-order valence-electron chi connectivity index (χ4n) is 13.3. The summed E-state index contributed by atoms with van der Waals surface area (Å²) in [5.41, 5.74) is 33.9. The summed E-state index contributed by atoms with van der Waals surface area (Å²) in [5.74, 6) is -0.698. The summed E-state index contributed by atoms with van der Waals surface area (Å²) in [6, 6.07) is 111. The van der Waals surface area contributed by atoms with Crippen LogP contribution in [0, 0.1) is 0 Å². The molecule has 0 atom stereocenters. The van der Waals surface area contributed by atoms with Crippen molar-refractivity contribution in [2.45, 2.75) is 58.4 Å². The van der Waals surface area contributed by atoms with E-state index in [9.17, 15) is 14.4 Å². The molecule has 8 nitrogen and oxygen atoms in total. The summed E-state index contributed by atoms with van der Waals surface area (Å²) in [5, 5.41) is 60.6. The maximum Gasteiger partial charge on any atom is 2.00 e. The number of aromatic carboxylic acids is 1. The van der Waals surface area contributed by atoms with Gasteiger partial charge in [-0.25, -0.2) is 4.79 Å². The molecule has 6 aromatic heterocycles. The molecule has 12 aromatic carbocycles. The number of carboxylic acids is 1. The Hall–Kier alpha value is -8.57. The summed E-state index contributed by atoms with van der Waals surface area (Å²) in [6.07, 6.45) is 8.38. The maximum absolute atomic E-state index is 11.3. The molecule has 0 amide bonds. The van der Waals surface area contributed by atoms with Crippen molar-refractivity contribution in [2.75, 3.05) is 13.2 Å². The molecule has 1 aliphatic heterocycles. The van der Waals surface area contributed by atoms with Crippen LogP contribution in [-0.4, -0.2) is 86.6 Å². The first kappa shape index (κ1) is 118. The van der Waals surface area contributed by atoms with Crippen molar-refractivity contribution in [2.24, 2.45) is 0 Å². The number of aliphatic hydroxyl groups excluding tert-OH is 1. The Morgan fingerprint density at radius 3 is 0.804 bits per heavy atom. The van der Waals surface area contributed by atoms with Gasteiger partial charge in [-0.2, -0.15) is 68.0 Å². The van der Waals surface area contributed by atoms with Crippen LogP contribution in [0.4, 0.5) is 0 Å². The second kappa shape index (κ2) is 66.2. The smallest absolute Gasteiger partial charge is 1.00 e. The van der Waals surface area contributed by atoms with E-state index in [1.54, 1.807) is 106 Å². The van der Waals surface area contributed by atoms with E-state index < -0.39 is 13.1 Å². The number of rotatable bonds is 20. The number of hydrogen-bond acceptors (Lipinski definition) is 15. The molecule has 4 N–H and O–H groups in total. The third kappa shape index (κ3) is 39.7. The van der Waals surface area contributed by atoms with Crippen molar-refractivity contribution in [3.63, 3.8) is 0 Å². The van der Waals surface area contributed by atoms with Crippen LogP contribution in [-0.2, 0) is 86.8 Å². The predicted molar refractivity (Wildman–Crippen MR) is 597 cm³/mol.